The molecule has 0 amide bonds. The van der Waals surface area contributed by atoms with Crippen molar-refractivity contribution in [2.24, 2.45) is 0 Å². The van der Waals surface area contributed by atoms with Gasteiger partial charge in [-0.2, -0.15) is 0 Å². The summed E-state index contributed by atoms with van der Waals surface area (Å²) < 4.78 is 26.8. The average Bonchev–Trinajstić information content (AvgIpc) is 2.18. The Bertz CT molecular complexity index is 318. The molecule has 1 N–H and O–H groups in total. The molecular formula is C9H9Br2F2N. The van der Waals surface area contributed by atoms with Gasteiger partial charge in [0.05, 0.1) is 4.47 Å². The zero-order valence-corrected chi connectivity index (χ0v) is 10.5. The van der Waals surface area contributed by atoms with Crippen LogP contribution in [0.5, 0.6) is 0 Å². The molecule has 1 rings (SSSR count). The second-order valence-corrected chi connectivity index (χ2v) is 4.33. The van der Waals surface area contributed by atoms with Crippen LogP contribution in [-0.4, -0.2) is 11.9 Å². The van der Waals surface area contributed by atoms with E-state index in [-0.39, 0.29) is 16.6 Å². The highest BCUT2D eigenvalue weighted by Gasteiger charge is 2.11. The second-order valence-electron chi connectivity index (χ2n) is 2.69. The normalized spacial score (nSPS) is 10.6. The highest BCUT2D eigenvalue weighted by molar-refractivity contribution is 9.10. The largest absolute Gasteiger partial charge is 0.312 e. The Labute approximate surface area is 98.1 Å². The van der Waals surface area contributed by atoms with Gasteiger partial charge in [0.15, 0.2) is 0 Å². The van der Waals surface area contributed by atoms with E-state index in [1.807, 2.05) is 0 Å². The molecule has 0 atom stereocenters. The molecule has 0 saturated heterocycles. The lowest BCUT2D eigenvalue weighted by molar-refractivity contribution is 0.536. The molecule has 0 bridgehead atoms. The third kappa shape index (κ3) is 3.00. The fourth-order valence-electron chi connectivity index (χ4n) is 1.01. The van der Waals surface area contributed by atoms with Gasteiger partial charge in [-0.15, -0.1) is 0 Å². The van der Waals surface area contributed by atoms with Crippen molar-refractivity contribution in [2.45, 2.75) is 6.54 Å². The number of alkyl halides is 1. The lowest BCUT2D eigenvalue weighted by atomic mass is 10.2. The van der Waals surface area contributed by atoms with Crippen molar-refractivity contribution in [3.05, 3.63) is 33.8 Å². The minimum Gasteiger partial charge on any atom is -0.312 e. The zero-order chi connectivity index (χ0) is 10.6. The summed E-state index contributed by atoms with van der Waals surface area (Å²) in [5.74, 6) is -1.06. The fourth-order valence-corrected chi connectivity index (χ4v) is 1.66. The first-order valence-corrected chi connectivity index (χ1v) is 5.97. The van der Waals surface area contributed by atoms with Crippen LogP contribution in [-0.2, 0) is 6.54 Å². The van der Waals surface area contributed by atoms with E-state index in [0.717, 1.165) is 5.33 Å². The summed E-state index contributed by atoms with van der Waals surface area (Å²) in [6.07, 6.45) is 0. The van der Waals surface area contributed by atoms with E-state index >= 15 is 0 Å². The molecule has 0 saturated carbocycles. The maximum Gasteiger partial charge on any atom is 0.144 e. The van der Waals surface area contributed by atoms with E-state index in [0.29, 0.717) is 6.54 Å². The predicted molar refractivity (Wildman–Crippen MR) is 59.6 cm³/mol. The molecule has 0 radical (unpaired) electrons. The quantitative estimate of drug-likeness (QED) is 0.508. The monoisotopic (exact) mass is 327 g/mol. The van der Waals surface area contributed by atoms with E-state index in [1.54, 1.807) is 0 Å². The smallest absolute Gasteiger partial charge is 0.144 e. The molecule has 5 heteroatoms. The van der Waals surface area contributed by atoms with Crippen LogP contribution in [0.3, 0.4) is 0 Å². The molecule has 0 aliphatic rings. The van der Waals surface area contributed by atoms with Gasteiger partial charge in [-0.25, -0.2) is 8.78 Å². The minimum absolute atomic E-state index is 0.0697. The number of halogens is 4. The van der Waals surface area contributed by atoms with Gasteiger partial charge in [0.2, 0.25) is 0 Å². The number of hydrogen-bond donors (Lipinski definition) is 1. The van der Waals surface area contributed by atoms with Crippen LogP contribution < -0.4 is 5.32 Å². The Morgan fingerprint density at radius 3 is 2.64 bits per heavy atom. The number of hydrogen-bond acceptors (Lipinski definition) is 1. The van der Waals surface area contributed by atoms with Crippen LogP contribution >= 0.6 is 31.9 Å². The van der Waals surface area contributed by atoms with E-state index in [1.165, 1.54) is 12.1 Å². The Kier molecular flexibility index (Phi) is 4.98. The SMILES string of the molecule is Fc1ccc(Br)c(F)c1CNCCBr. The molecule has 0 aliphatic heterocycles. The molecule has 14 heavy (non-hydrogen) atoms. The van der Waals surface area contributed by atoms with Crippen LogP contribution in [0.15, 0.2) is 16.6 Å². The first-order chi connectivity index (χ1) is 6.66. The predicted octanol–water partition coefficient (Wildman–Crippen LogP) is 3.21. The lowest BCUT2D eigenvalue weighted by Gasteiger charge is -2.06. The van der Waals surface area contributed by atoms with Crippen LogP contribution in [0.4, 0.5) is 8.78 Å². The molecule has 0 fully saturated rings. The standard InChI is InChI=1S/C9H9Br2F2N/c10-3-4-14-5-6-8(12)2-1-7(11)9(6)13/h1-2,14H,3-5H2. The summed E-state index contributed by atoms with van der Waals surface area (Å²) in [6.45, 7) is 0.869. The topological polar surface area (TPSA) is 12.0 Å². The Balaban J connectivity index is 2.79. The van der Waals surface area contributed by atoms with E-state index in [4.69, 9.17) is 0 Å². The van der Waals surface area contributed by atoms with Crippen molar-refractivity contribution in [3.8, 4) is 0 Å². The van der Waals surface area contributed by atoms with Gasteiger partial charge in [-0.3, -0.25) is 0 Å². The second kappa shape index (κ2) is 5.78. The summed E-state index contributed by atoms with van der Waals surface area (Å²) in [7, 11) is 0. The third-order valence-electron chi connectivity index (χ3n) is 1.71. The molecule has 0 spiro atoms. The molecular weight excluding hydrogens is 320 g/mol. The van der Waals surface area contributed by atoms with Crippen molar-refractivity contribution in [2.75, 3.05) is 11.9 Å². The number of rotatable bonds is 4. The Morgan fingerprint density at radius 1 is 1.29 bits per heavy atom. The minimum atomic E-state index is -0.535. The third-order valence-corrected chi connectivity index (χ3v) is 2.72. The molecule has 0 unspecified atom stereocenters. The highest BCUT2D eigenvalue weighted by atomic mass is 79.9. The van der Waals surface area contributed by atoms with Gasteiger partial charge < -0.3 is 5.32 Å². The van der Waals surface area contributed by atoms with Crippen LogP contribution in [0.25, 0.3) is 0 Å². The fraction of sp³-hybridized carbons (Fsp3) is 0.333. The average molecular weight is 329 g/mol. The van der Waals surface area contributed by atoms with Gasteiger partial charge in [-0.1, -0.05) is 15.9 Å². The van der Waals surface area contributed by atoms with Gasteiger partial charge in [0, 0.05) is 24.0 Å². The van der Waals surface area contributed by atoms with Gasteiger partial charge in [0.25, 0.3) is 0 Å². The number of benzene rings is 1. The summed E-state index contributed by atoms with van der Waals surface area (Å²) in [4.78, 5) is 0. The first kappa shape index (κ1) is 12.1. The molecule has 78 valence electrons. The van der Waals surface area contributed by atoms with Crippen molar-refractivity contribution in [1.29, 1.82) is 0 Å². The maximum absolute atomic E-state index is 13.4. The zero-order valence-electron chi connectivity index (χ0n) is 7.29. The van der Waals surface area contributed by atoms with E-state index in [2.05, 4.69) is 37.2 Å². The summed E-state index contributed by atoms with van der Waals surface area (Å²) >= 11 is 6.23. The summed E-state index contributed by atoms with van der Waals surface area (Å²) in [5.41, 5.74) is 0.0697. The van der Waals surface area contributed by atoms with Crippen molar-refractivity contribution in [1.82, 2.24) is 5.32 Å². The van der Waals surface area contributed by atoms with E-state index in [9.17, 15) is 8.78 Å². The Hall–Kier alpha value is -0.000000000000000111. The van der Waals surface area contributed by atoms with Crippen molar-refractivity contribution >= 4 is 31.9 Å². The molecule has 1 aromatic rings. The lowest BCUT2D eigenvalue weighted by Crippen LogP contribution is -2.17. The van der Waals surface area contributed by atoms with Crippen LogP contribution in [0, 0.1) is 11.6 Å². The number of nitrogens with one attached hydrogen (secondary N) is 1. The highest BCUT2D eigenvalue weighted by Crippen LogP contribution is 2.21. The Morgan fingerprint density at radius 2 is 2.00 bits per heavy atom. The van der Waals surface area contributed by atoms with Gasteiger partial charge >= 0.3 is 0 Å². The van der Waals surface area contributed by atoms with Crippen molar-refractivity contribution in [3.63, 3.8) is 0 Å². The molecule has 0 heterocycles. The van der Waals surface area contributed by atoms with Gasteiger partial charge in [-0.05, 0) is 28.1 Å². The van der Waals surface area contributed by atoms with E-state index < -0.39 is 11.6 Å². The molecule has 0 aliphatic carbocycles. The molecule has 0 aromatic heterocycles. The van der Waals surface area contributed by atoms with Gasteiger partial charge in [0.1, 0.15) is 11.6 Å². The maximum atomic E-state index is 13.4. The summed E-state index contributed by atoms with van der Waals surface area (Å²) in [6, 6.07) is 2.61. The van der Waals surface area contributed by atoms with Crippen LogP contribution in [0.1, 0.15) is 5.56 Å². The summed E-state index contributed by atoms with van der Waals surface area (Å²) in [5, 5.41) is 3.67. The molecule has 1 nitrogen and oxygen atoms in total. The first-order valence-electron chi connectivity index (χ1n) is 4.06. The molecule has 1 aromatic carbocycles. The van der Waals surface area contributed by atoms with Crippen molar-refractivity contribution < 1.29 is 8.78 Å². The van der Waals surface area contributed by atoms with Crippen LogP contribution in [0.2, 0.25) is 0 Å².